The van der Waals surface area contributed by atoms with E-state index in [-0.39, 0.29) is 11.2 Å². The lowest BCUT2D eigenvalue weighted by Crippen LogP contribution is -2.62. The number of Topliss-reactive ketones (excluding diaryl/α,β-unsaturated/α-hetero) is 1. The number of ketones is 1. The van der Waals surface area contributed by atoms with E-state index in [0.717, 1.165) is 19.4 Å². The minimum absolute atomic E-state index is 0.0833. The molecule has 84 valence electrons. The van der Waals surface area contributed by atoms with Crippen molar-refractivity contribution in [2.24, 2.45) is 5.41 Å². The Morgan fingerprint density at radius 1 is 1.31 bits per heavy atom. The van der Waals surface area contributed by atoms with Gasteiger partial charge in [-0.3, -0.25) is 4.79 Å². The summed E-state index contributed by atoms with van der Waals surface area (Å²) in [4.78, 5) is 11.9. The minimum Gasteiger partial charge on any atom is -0.366 e. The molecule has 16 heavy (non-hydrogen) atoms. The van der Waals surface area contributed by atoms with E-state index in [9.17, 15) is 4.79 Å². The van der Waals surface area contributed by atoms with Gasteiger partial charge in [0, 0.05) is 24.9 Å². The summed E-state index contributed by atoms with van der Waals surface area (Å²) in [6.45, 7) is 2.92. The van der Waals surface area contributed by atoms with Crippen molar-refractivity contribution in [3.63, 3.8) is 0 Å². The maximum absolute atomic E-state index is 11.9. The predicted octanol–water partition coefficient (Wildman–Crippen LogP) is 2.37. The van der Waals surface area contributed by atoms with Crippen LogP contribution in [0.5, 0.6) is 0 Å². The normalized spacial score (nSPS) is 36.9. The summed E-state index contributed by atoms with van der Waals surface area (Å²) in [5.41, 5.74) is 0.776. The molecule has 1 heterocycles. The standard InChI is InChI=1S/C14H16O2/c1-13-7-8-16-14(13,12(15)10-13)9-11-5-3-2-4-6-11/h2-6H,7-10H2,1H3/t13-,14+/m0/s1. The van der Waals surface area contributed by atoms with Gasteiger partial charge < -0.3 is 4.74 Å². The second-order valence-electron chi connectivity index (χ2n) is 5.25. The minimum atomic E-state index is -0.506. The number of benzene rings is 1. The highest BCUT2D eigenvalue weighted by Crippen LogP contribution is 2.57. The van der Waals surface area contributed by atoms with Crippen molar-refractivity contribution < 1.29 is 9.53 Å². The first-order valence-corrected chi connectivity index (χ1v) is 5.88. The van der Waals surface area contributed by atoms with E-state index in [1.54, 1.807) is 0 Å². The molecule has 2 atom stereocenters. The van der Waals surface area contributed by atoms with E-state index in [4.69, 9.17) is 4.74 Å². The van der Waals surface area contributed by atoms with Crippen molar-refractivity contribution in [1.82, 2.24) is 0 Å². The highest BCUT2D eigenvalue weighted by molar-refractivity contribution is 5.96. The van der Waals surface area contributed by atoms with Crippen LogP contribution in [0.4, 0.5) is 0 Å². The molecule has 0 aromatic heterocycles. The Balaban J connectivity index is 1.91. The smallest absolute Gasteiger partial charge is 0.166 e. The zero-order valence-corrected chi connectivity index (χ0v) is 9.53. The molecule has 0 bridgehead atoms. The summed E-state index contributed by atoms with van der Waals surface area (Å²) in [7, 11) is 0. The van der Waals surface area contributed by atoms with E-state index in [1.807, 2.05) is 18.2 Å². The molecule has 0 spiro atoms. The molecule has 1 aliphatic carbocycles. The first kappa shape index (κ1) is 10.0. The Bertz CT molecular complexity index is 426. The largest absolute Gasteiger partial charge is 0.366 e. The molecule has 0 unspecified atom stereocenters. The Labute approximate surface area is 95.6 Å². The molecule has 0 radical (unpaired) electrons. The molecule has 2 heteroatoms. The van der Waals surface area contributed by atoms with E-state index in [2.05, 4.69) is 19.1 Å². The molecule has 3 rings (SSSR count). The lowest BCUT2D eigenvalue weighted by atomic mass is 9.55. The monoisotopic (exact) mass is 216 g/mol. The molecule has 0 N–H and O–H groups in total. The molecular weight excluding hydrogens is 200 g/mol. The number of carbonyl (C=O) groups excluding carboxylic acids is 1. The fourth-order valence-electron chi connectivity index (χ4n) is 3.11. The molecule has 1 saturated carbocycles. The van der Waals surface area contributed by atoms with Crippen LogP contribution in [0.15, 0.2) is 30.3 Å². The van der Waals surface area contributed by atoms with Crippen LogP contribution >= 0.6 is 0 Å². The van der Waals surface area contributed by atoms with E-state index < -0.39 is 5.60 Å². The Morgan fingerprint density at radius 3 is 2.69 bits per heavy atom. The van der Waals surface area contributed by atoms with Gasteiger partial charge in [0.25, 0.3) is 0 Å². The third-order valence-corrected chi connectivity index (χ3v) is 4.27. The van der Waals surface area contributed by atoms with Crippen molar-refractivity contribution in [1.29, 1.82) is 0 Å². The van der Waals surface area contributed by atoms with Gasteiger partial charge in [0.1, 0.15) is 5.60 Å². The zero-order chi connectivity index (χ0) is 11.2. The molecule has 1 aliphatic heterocycles. The fourth-order valence-corrected chi connectivity index (χ4v) is 3.11. The van der Waals surface area contributed by atoms with Gasteiger partial charge in [-0.2, -0.15) is 0 Å². The number of hydrogen-bond acceptors (Lipinski definition) is 2. The van der Waals surface area contributed by atoms with Crippen LogP contribution in [0, 0.1) is 5.41 Å². The lowest BCUT2D eigenvalue weighted by molar-refractivity contribution is -0.171. The van der Waals surface area contributed by atoms with Gasteiger partial charge in [-0.05, 0) is 12.0 Å². The Kier molecular flexibility index (Phi) is 1.99. The first-order valence-electron chi connectivity index (χ1n) is 5.88. The highest BCUT2D eigenvalue weighted by Gasteiger charge is 2.66. The number of fused-ring (bicyclic) bond motifs is 1. The Morgan fingerprint density at radius 2 is 2.06 bits per heavy atom. The van der Waals surface area contributed by atoms with Gasteiger partial charge in [0.15, 0.2) is 5.78 Å². The number of hydrogen-bond donors (Lipinski definition) is 0. The van der Waals surface area contributed by atoms with Gasteiger partial charge in [-0.25, -0.2) is 0 Å². The summed E-state index contributed by atoms with van der Waals surface area (Å²) in [5, 5.41) is 0. The molecule has 1 aromatic carbocycles. The second kappa shape index (κ2) is 3.17. The molecule has 1 saturated heterocycles. The average Bonchev–Trinajstić information content (AvgIpc) is 2.53. The molecule has 2 fully saturated rings. The van der Waals surface area contributed by atoms with Crippen LogP contribution in [0.3, 0.4) is 0 Å². The second-order valence-corrected chi connectivity index (χ2v) is 5.25. The quantitative estimate of drug-likeness (QED) is 0.758. The summed E-state index contributed by atoms with van der Waals surface area (Å²) in [6.07, 6.45) is 2.45. The van der Waals surface area contributed by atoms with Gasteiger partial charge in [0.05, 0.1) is 0 Å². The van der Waals surface area contributed by atoms with Gasteiger partial charge in [-0.1, -0.05) is 37.3 Å². The summed E-state index contributed by atoms with van der Waals surface area (Å²) in [5.74, 6) is 0.288. The van der Waals surface area contributed by atoms with Crippen molar-refractivity contribution in [3.05, 3.63) is 35.9 Å². The SMILES string of the molecule is C[C@@]12CCO[C@]1(Cc1ccccc1)C(=O)C2. The number of rotatable bonds is 2. The number of ether oxygens (including phenoxy) is 1. The molecule has 2 nitrogen and oxygen atoms in total. The van der Waals surface area contributed by atoms with E-state index >= 15 is 0 Å². The van der Waals surface area contributed by atoms with Crippen molar-refractivity contribution in [2.75, 3.05) is 6.61 Å². The number of carbonyl (C=O) groups is 1. The predicted molar refractivity (Wildman–Crippen MR) is 61.2 cm³/mol. The van der Waals surface area contributed by atoms with E-state index in [1.165, 1.54) is 5.56 Å². The average molecular weight is 216 g/mol. The summed E-state index contributed by atoms with van der Waals surface area (Å²) < 4.78 is 5.81. The van der Waals surface area contributed by atoms with Crippen molar-refractivity contribution in [2.45, 2.75) is 31.8 Å². The third-order valence-electron chi connectivity index (χ3n) is 4.27. The third kappa shape index (κ3) is 1.14. The molecule has 0 amide bonds. The van der Waals surface area contributed by atoms with E-state index in [0.29, 0.717) is 6.42 Å². The molecular formula is C14H16O2. The van der Waals surface area contributed by atoms with Crippen LogP contribution in [0.25, 0.3) is 0 Å². The van der Waals surface area contributed by atoms with Crippen molar-refractivity contribution >= 4 is 5.78 Å². The highest BCUT2D eigenvalue weighted by atomic mass is 16.5. The lowest BCUT2D eigenvalue weighted by Gasteiger charge is -2.50. The first-order chi connectivity index (χ1) is 7.66. The maximum Gasteiger partial charge on any atom is 0.166 e. The van der Waals surface area contributed by atoms with Gasteiger partial charge in [-0.15, -0.1) is 0 Å². The summed E-state index contributed by atoms with van der Waals surface area (Å²) in [6, 6.07) is 10.2. The van der Waals surface area contributed by atoms with Crippen LogP contribution < -0.4 is 0 Å². The summed E-state index contributed by atoms with van der Waals surface area (Å²) >= 11 is 0. The maximum atomic E-state index is 11.9. The molecule has 2 aliphatic rings. The van der Waals surface area contributed by atoms with Gasteiger partial charge >= 0.3 is 0 Å². The van der Waals surface area contributed by atoms with Crippen LogP contribution in [-0.4, -0.2) is 18.0 Å². The van der Waals surface area contributed by atoms with Crippen LogP contribution in [-0.2, 0) is 16.0 Å². The zero-order valence-electron chi connectivity index (χ0n) is 9.53. The van der Waals surface area contributed by atoms with Crippen molar-refractivity contribution in [3.8, 4) is 0 Å². The molecule has 1 aromatic rings. The van der Waals surface area contributed by atoms with Crippen LogP contribution in [0.1, 0.15) is 25.3 Å². The van der Waals surface area contributed by atoms with Gasteiger partial charge in [0.2, 0.25) is 0 Å². The fraction of sp³-hybridized carbons (Fsp3) is 0.500. The Hall–Kier alpha value is -1.15. The van der Waals surface area contributed by atoms with Crippen LogP contribution in [0.2, 0.25) is 0 Å². The topological polar surface area (TPSA) is 26.3 Å².